The van der Waals surface area contributed by atoms with Gasteiger partial charge in [-0.1, -0.05) is 20.8 Å². The van der Waals surface area contributed by atoms with Crippen molar-refractivity contribution in [3.63, 3.8) is 0 Å². The molecular weight excluding hydrogens is 318 g/mol. The number of hydrogen-bond acceptors (Lipinski definition) is 8. The number of hydrogen-bond donors (Lipinski definition) is 0. The molecule has 0 bridgehead atoms. The molecule has 0 aliphatic heterocycles. The monoisotopic (exact) mass is 333 g/mol. The Kier molecular flexibility index (Phi) is 3.92. The lowest BCUT2D eigenvalue weighted by atomic mass is 9.96. The molecule has 0 N–H and O–H groups in total. The summed E-state index contributed by atoms with van der Waals surface area (Å²) >= 11 is 2.83. The summed E-state index contributed by atoms with van der Waals surface area (Å²) in [5.41, 5.74) is 0.636. The molecule has 3 rings (SSSR count). The predicted octanol–water partition coefficient (Wildman–Crippen LogP) is 2.57. The van der Waals surface area contributed by atoms with Gasteiger partial charge in [-0.2, -0.15) is 4.37 Å². The van der Waals surface area contributed by atoms with Crippen molar-refractivity contribution < 1.29 is 0 Å². The first kappa shape index (κ1) is 15.0. The van der Waals surface area contributed by atoms with Crippen LogP contribution in [-0.4, -0.2) is 34.1 Å². The van der Waals surface area contributed by atoms with Gasteiger partial charge in [0.25, 0.3) is 0 Å². The molecule has 0 aliphatic carbocycles. The van der Waals surface area contributed by atoms with Gasteiger partial charge in [0.2, 0.25) is 0 Å². The van der Waals surface area contributed by atoms with Crippen LogP contribution in [0, 0.1) is 0 Å². The van der Waals surface area contributed by atoms with Gasteiger partial charge in [-0.15, -0.1) is 10.2 Å². The first-order valence-electron chi connectivity index (χ1n) is 6.63. The van der Waals surface area contributed by atoms with Crippen molar-refractivity contribution >= 4 is 23.3 Å². The molecule has 0 aromatic carbocycles. The average molecular weight is 333 g/mol. The third-order valence-electron chi connectivity index (χ3n) is 2.88. The van der Waals surface area contributed by atoms with E-state index in [2.05, 4.69) is 50.3 Å². The van der Waals surface area contributed by atoms with Crippen molar-refractivity contribution in [2.24, 2.45) is 7.05 Å². The van der Waals surface area contributed by atoms with Gasteiger partial charge in [-0.05, 0) is 23.3 Å². The molecule has 0 saturated carbocycles. The quantitative estimate of drug-likeness (QED) is 0.728. The van der Waals surface area contributed by atoms with Gasteiger partial charge < -0.3 is 4.57 Å². The van der Waals surface area contributed by atoms with E-state index in [4.69, 9.17) is 0 Å². The molecule has 0 atom stereocenters. The molecule has 0 unspecified atom stereocenters. The van der Waals surface area contributed by atoms with Crippen LogP contribution < -0.4 is 0 Å². The summed E-state index contributed by atoms with van der Waals surface area (Å²) in [5.74, 6) is 1.52. The zero-order valence-corrected chi connectivity index (χ0v) is 14.3. The minimum atomic E-state index is -0.0556. The highest BCUT2D eigenvalue weighted by Gasteiger charge is 2.21. The molecule has 7 nitrogen and oxygen atoms in total. The van der Waals surface area contributed by atoms with Crippen molar-refractivity contribution in [2.45, 2.75) is 35.7 Å². The maximum absolute atomic E-state index is 4.56. The van der Waals surface area contributed by atoms with Crippen LogP contribution in [0.3, 0.4) is 0 Å². The van der Waals surface area contributed by atoms with Crippen LogP contribution in [0.1, 0.15) is 26.6 Å². The lowest BCUT2D eigenvalue weighted by Crippen LogP contribution is -2.12. The maximum Gasteiger partial charge on any atom is 0.198 e. The summed E-state index contributed by atoms with van der Waals surface area (Å²) in [4.78, 5) is 12.9. The van der Waals surface area contributed by atoms with Gasteiger partial charge in [-0.3, -0.25) is 4.98 Å². The standard InChI is InChI=1S/C13H15N7S2/c1-13(2,3)10-16-12(22-19-10)21-11-18-17-9(20(11)4)8-7-14-5-6-15-8/h5-7H,1-4H3. The van der Waals surface area contributed by atoms with Crippen molar-refractivity contribution in [2.75, 3.05) is 0 Å². The van der Waals surface area contributed by atoms with E-state index in [-0.39, 0.29) is 5.41 Å². The zero-order chi connectivity index (χ0) is 15.7. The fourth-order valence-corrected chi connectivity index (χ4v) is 3.36. The summed E-state index contributed by atoms with van der Waals surface area (Å²) < 4.78 is 7.14. The predicted molar refractivity (Wildman–Crippen MR) is 84.8 cm³/mol. The van der Waals surface area contributed by atoms with Gasteiger partial charge in [0, 0.05) is 24.9 Å². The Morgan fingerprint density at radius 1 is 1.18 bits per heavy atom. The van der Waals surface area contributed by atoms with Gasteiger partial charge >= 0.3 is 0 Å². The molecule has 9 heteroatoms. The summed E-state index contributed by atoms with van der Waals surface area (Å²) in [7, 11) is 1.90. The topological polar surface area (TPSA) is 82.3 Å². The molecule has 0 saturated heterocycles. The summed E-state index contributed by atoms with van der Waals surface area (Å²) in [6.45, 7) is 6.29. The van der Waals surface area contributed by atoms with Gasteiger partial charge in [0.1, 0.15) is 11.5 Å². The molecule has 0 amide bonds. The fourth-order valence-electron chi connectivity index (χ4n) is 1.68. The average Bonchev–Trinajstić information content (AvgIpc) is 3.08. The van der Waals surface area contributed by atoms with Crippen molar-refractivity contribution in [1.29, 1.82) is 0 Å². The van der Waals surface area contributed by atoms with Gasteiger partial charge in [-0.25, -0.2) is 9.97 Å². The Morgan fingerprint density at radius 2 is 2.00 bits per heavy atom. The molecule has 0 radical (unpaired) electrons. The molecule has 114 valence electrons. The van der Waals surface area contributed by atoms with E-state index in [1.54, 1.807) is 18.6 Å². The highest BCUT2D eigenvalue weighted by atomic mass is 32.2. The second-order valence-corrected chi connectivity index (χ2v) is 7.66. The van der Waals surface area contributed by atoms with E-state index in [0.717, 1.165) is 15.3 Å². The van der Waals surface area contributed by atoms with E-state index in [1.165, 1.54) is 23.3 Å². The van der Waals surface area contributed by atoms with E-state index in [9.17, 15) is 0 Å². The highest BCUT2D eigenvalue weighted by Crippen LogP contribution is 2.31. The Balaban J connectivity index is 1.85. The zero-order valence-electron chi connectivity index (χ0n) is 12.7. The maximum atomic E-state index is 4.56. The first-order valence-corrected chi connectivity index (χ1v) is 8.22. The lowest BCUT2D eigenvalue weighted by molar-refractivity contribution is 0.551. The van der Waals surface area contributed by atoms with E-state index >= 15 is 0 Å². The summed E-state index contributed by atoms with van der Waals surface area (Å²) in [5, 5.41) is 9.14. The van der Waals surface area contributed by atoms with Crippen LogP contribution in [0.2, 0.25) is 0 Å². The van der Waals surface area contributed by atoms with Crippen LogP contribution in [0.25, 0.3) is 11.5 Å². The van der Waals surface area contributed by atoms with Crippen molar-refractivity contribution in [3.05, 3.63) is 24.4 Å². The molecule has 0 fully saturated rings. The minimum absolute atomic E-state index is 0.0556. The first-order chi connectivity index (χ1) is 10.4. The third-order valence-corrected chi connectivity index (χ3v) is 4.67. The van der Waals surface area contributed by atoms with Gasteiger partial charge in [0.05, 0.1) is 6.20 Å². The molecular formula is C13H15N7S2. The van der Waals surface area contributed by atoms with E-state index in [1.807, 2.05) is 11.6 Å². The van der Waals surface area contributed by atoms with Crippen LogP contribution in [0.5, 0.6) is 0 Å². The second kappa shape index (κ2) is 5.73. The number of nitrogens with zero attached hydrogens (tertiary/aromatic N) is 7. The fraction of sp³-hybridized carbons (Fsp3) is 0.385. The normalized spacial score (nSPS) is 11.8. The smallest absolute Gasteiger partial charge is 0.198 e. The minimum Gasteiger partial charge on any atom is -0.303 e. The Labute approximate surface area is 136 Å². The summed E-state index contributed by atoms with van der Waals surface area (Å²) in [6.07, 6.45) is 4.93. The largest absolute Gasteiger partial charge is 0.303 e. The Hall–Kier alpha value is -1.87. The summed E-state index contributed by atoms with van der Waals surface area (Å²) in [6, 6.07) is 0. The van der Waals surface area contributed by atoms with Gasteiger partial charge in [0.15, 0.2) is 15.3 Å². The third kappa shape index (κ3) is 3.00. The molecule has 3 aromatic rings. The van der Waals surface area contributed by atoms with Crippen molar-refractivity contribution in [1.82, 2.24) is 34.1 Å². The molecule has 3 aromatic heterocycles. The van der Waals surface area contributed by atoms with Crippen LogP contribution in [0.15, 0.2) is 28.1 Å². The van der Waals surface area contributed by atoms with E-state index < -0.39 is 0 Å². The van der Waals surface area contributed by atoms with E-state index in [0.29, 0.717) is 11.5 Å². The lowest BCUT2D eigenvalue weighted by Gasteiger charge is -2.12. The number of rotatable bonds is 3. The molecule has 0 spiro atoms. The molecule has 22 heavy (non-hydrogen) atoms. The van der Waals surface area contributed by atoms with Crippen LogP contribution in [-0.2, 0) is 12.5 Å². The van der Waals surface area contributed by atoms with Crippen LogP contribution in [0.4, 0.5) is 0 Å². The molecule has 0 aliphatic rings. The van der Waals surface area contributed by atoms with Crippen molar-refractivity contribution in [3.8, 4) is 11.5 Å². The van der Waals surface area contributed by atoms with Crippen LogP contribution >= 0.6 is 23.3 Å². The molecule has 3 heterocycles. The Morgan fingerprint density at radius 3 is 2.64 bits per heavy atom. The highest BCUT2D eigenvalue weighted by molar-refractivity contribution is 8.00. The second-order valence-electron chi connectivity index (χ2n) is 5.69. The SMILES string of the molecule is Cn1c(Sc2nc(C(C)(C)C)ns2)nnc1-c1cnccn1. The Bertz CT molecular complexity index is 773. The number of aromatic nitrogens is 7.